The highest BCUT2D eigenvalue weighted by Crippen LogP contribution is 2.25. The zero-order chi connectivity index (χ0) is 16.4. The zero-order valence-electron chi connectivity index (χ0n) is 12.2. The van der Waals surface area contributed by atoms with Gasteiger partial charge < -0.3 is 4.98 Å². The molecule has 3 rings (SSSR count). The highest BCUT2D eigenvalue weighted by Gasteiger charge is 2.14. The van der Waals surface area contributed by atoms with Crippen LogP contribution in [0.4, 0.5) is 8.78 Å². The van der Waals surface area contributed by atoms with Crippen LogP contribution in [0.1, 0.15) is 17.0 Å². The summed E-state index contributed by atoms with van der Waals surface area (Å²) >= 11 is 0. The number of hydrogen-bond acceptors (Lipinski definition) is 4. The van der Waals surface area contributed by atoms with Crippen molar-refractivity contribution >= 4 is 0 Å². The first-order valence-electron chi connectivity index (χ1n) is 6.86. The van der Waals surface area contributed by atoms with Crippen LogP contribution in [-0.2, 0) is 6.42 Å². The summed E-state index contributed by atoms with van der Waals surface area (Å²) < 4.78 is 27.6. The molecule has 0 atom stereocenters. The van der Waals surface area contributed by atoms with Crippen LogP contribution in [0.15, 0.2) is 41.3 Å². The summed E-state index contributed by atoms with van der Waals surface area (Å²) in [6, 6.07) is 6.87. The second-order valence-corrected chi connectivity index (χ2v) is 5.03. The molecule has 3 aromatic rings. The largest absolute Gasteiger partial charge is 0.345 e. The van der Waals surface area contributed by atoms with Crippen molar-refractivity contribution in [3.8, 4) is 11.3 Å². The maximum Gasteiger partial charge on any atom is 0.345 e. The van der Waals surface area contributed by atoms with Crippen LogP contribution in [0.2, 0.25) is 0 Å². The van der Waals surface area contributed by atoms with Gasteiger partial charge in [-0.05, 0) is 36.8 Å². The van der Waals surface area contributed by atoms with E-state index in [-0.39, 0.29) is 11.3 Å². The monoisotopic (exact) mass is 314 g/mol. The van der Waals surface area contributed by atoms with Crippen molar-refractivity contribution in [1.29, 1.82) is 0 Å². The van der Waals surface area contributed by atoms with E-state index in [0.29, 0.717) is 17.8 Å². The Bertz CT molecular complexity index is 904. The van der Waals surface area contributed by atoms with Gasteiger partial charge in [0.15, 0.2) is 0 Å². The molecule has 0 radical (unpaired) electrons. The van der Waals surface area contributed by atoms with E-state index in [1.54, 1.807) is 19.1 Å². The topological polar surface area (TPSA) is 71.5 Å². The maximum atomic E-state index is 13.8. The molecule has 116 valence electrons. The molecular weight excluding hydrogens is 302 g/mol. The Morgan fingerprint density at radius 2 is 1.87 bits per heavy atom. The first-order valence-corrected chi connectivity index (χ1v) is 6.86. The maximum absolute atomic E-state index is 13.8. The van der Waals surface area contributed by atoms with E-state index in [4.69, 9.17) is 0 Å². The van der Waals surface area contributed by atoms with E-state index in [2.05, 4.69) is 20.2 Å². The predicted octanol–water partition coefficient (Wildman–Crippen LogP) is 2.40. The number of aromatic amines is 1. The molecule has 0 aliphatic heterocycles. The van der Waals surface area contributed by atoms with Crippen LogP contribution in [0, 0.1) is 18.6 Å². The number of aromatic nitrogens is 4. The van der Waals surface area contributed by atoms with Gasteiger partial charge in [0.2, 0.25) is 0 Å². The van der Waals surface area contributed by atoms with Gasteiger partial charge in [-0.2, -0.15) is 10.2 Å². The molecular formula is C16H12F2N4O. The van der Waals surface area contributed by atoms with E-state index in [9.17, 15) is 13.6 Å². The third-order valence-electron chi connectivity index (χ3n) is 3.40. The highest BCUT2D eigenvalue weighted by molar-refractivity contribution is 5.61. The second kappa shape index (κ2) is 6.04. The summed E-state index contributed by atoms with van der Waals surface area (Å²) in [5.74, 6) is -1.38. The van der Waals surface area contributed by atoms with E-state index < -0.39 is 17.3 Å². The number of nitrogens with zero attached hydrogens (tertiary/aromatic N) is 3. The normalized spacial score (nSPS) is 10.7. The summed E-state index contributed by atoms with van der Waals surface area (Å²) in [6.07, 6.45) is 1.75. The Morgan fingerprint density at radius 1 is 1.13 bits per heavy atom. The smallest absolute Gasteiger partial charge is 0.309 e. The van der Waals surface area contributed by atoms with Gasteiger partial charge in [0.1, 0.15) is 11.6 Å². The van der Waals surface area contributed by atoms with E-state index in [1.807, 2.05) is 0 Å². The lowest BCUT2D eigenvalue weighted by molar-refractivity contribution is 0.588. The number of H-pyrrole nitrogens is 1. The molecule has 1 aromatic carbocycles. The van der Waals surface area contributed by atoms with Crippen molar-refractivity contribution in [3.63, 3.8) is 0 Å². The van der Waals surface area contributed by atoms with Gasteiger partial charge in [0.05, 0.1) is 17.0 Å². The standard InChI is InChI=1S/C16H12F2N4O/c1-9-7-14(15-11(17)3-2-4-12(15)18)22-21-13(9)8-10-5-6-19-16(23)20-10/h2-7H,8H2,1H3,(H,19,20,23). The van der Waals surface area contributed by atoms with Crippen molar-refractivity contribution in [1.82, 2.24) is 20.2 Å². The summed E-state index contributed by atoms with van der Waals surface area (Å²) in [7, 11) is 0. The third-order valence-corrected chi connectivity index (χ3v) is 3.40. The van der Waals surface area contributed by atoms with Crippen LogP contribution < -0.4 is 5.69 Å². The Balaban J connectivity index is 1.97. The van der Waals surface area contributed by atoms with Gasteiger partial charge in [-0.25, -0.2) is 18.6 Å². The van der Waals surface area contributed by atoms with Crippen molar-refractivity contribution in [2.45, 2.75) is 13.3 Å². The van der Waals surface area contributed by atoms with Crippen LogP contribution in [-0.4, -0.2) is 20.2 Å². The number of hydrogen-bond donors (Lipinski definition) is 1. The van der Waals surface area contributed by atoms with Gasteiger partial charge in [-0.15, -0.1) is 0 Å². The molecule has 0 aliphatic carbocycles. The molecule has 2 aromatic heterocycles. The van der Waals surface area contributed by atoms with Crippen molar-refractivity contribution in [3.05, 3.63) is 75.6 Å². The van der Waals surface area contributed by atoms with Crippen LogP contribution in [0.5, 0.6) is 0 Å². The number of aryl methyl sites for hydroxylation is 1. The average molecular weight is 314 g/mol. The van der Waals surface area contributed by atoms with Crippen molar-refractivity contribution < 1.29 is 8.78 Å². The number of halogens is 2. The molecule has 5 nitrogen and oxygen atoms in total. The molecule has 0 unspecified atom stereocenters. The Kier molecular flexibility index (Phi) is 3.92. The first-order chi connectivity index (χ1) is 11.0. The molecule has 23 heavy (non-hydrogen) atoms. The molecule has 1 N–H and O–H groups in total. The molecule has 0 amide bonds. The molecule has 0 spiro atoms. The summed E-state index contributed by atoms with van der Waals surface area (Å²) in [5, 5.41) is 7.95. The minimum Gasteiger partial charge on any atom is -0.309 e. The van der Waals surface area contributed by atoms with E-state index in [0.717, 1.165) is 5.56 Å². The van der Waals surface area contributed by atoms with Gasteiger partial charge in [-0.3, -0.25) is 0 Å². The van der Waals surface area contributed by atoms with Gasteiger partial charge in [0, 0.05) is 18.3 Å². The fourth-order valence-corrected chi connectivity index (χ4v) is 2.24. The Labute approximate surface area is 130 Å². The quantitative estimate of drug-likeness (QED) is 0.806. The minimum absolute atomic E-state index is 0.130. The third kappa shape index (κ3) is 3.13. The van der Waals surface area contributed by atoms with Crippen LogP contribution in [0.25, 0.3) is 11.3 Å². The van der Waals surface area contributed by atoms with E-state index in [1.165, 1.54) is 24.4 Å². The molecule has 2 heterocycles. The Morgan fingerprint density at radius 3 is 2.52 bits per heavy atom. The Hall–Kier alpha value is -2.96. The van der Waals surface area contributed by atoms with E-state index >= 15 is 0 Å². The van der Waals surface area contributed by atoms with Crippen LogP contribution in [0.3, 0.4) is 0 Å². The highest BCUT2D eigenvalue weighted by atomic mass is 19.1. The number of nitrogens with one attached hydrogen (secondary N) is 1. The molecule has 0 saturated heterocycles. The summed E-state index contributed by atoms with van der Waals surface area (Å²) in [5.41, 5.74) is 1.44. The first kappa shape index (κ1) is 15.0. The summed E-state index contributed by atoms with van der Waals surface area (Å²) in [4.78, 5) is 17.3. The SMILES string of the molecule is Cc1cc(-c2c(F)cccc2F)nnc1Cc1ccnc(=O)[nH]1. The lowest BCUT2D eigenvalue weighted by Crippen LogP contribution is -2.12. The van der Waals surface area contributed by atoms with Crippen LogP contribution >= 0.6 is 0 Å². The van der Waals surface area contributed by atoms with Gasteiger partial charge >= 0.3 is 5.69 Å². The summed E-state index contributed by atoms with van der Waals surface area (Å²) in [6.45, 7) is 1.77. The number of rotatable bonds is 3. The van der Waals surface area contributed by atoms with Crippen molar-refractivity contribution in [2.75, 3.05) is 0 Å². The van der Waals surface area contributed by atoms with Gasteiger partial charge in [0.25, 0.3) is 0 Å². The fraction of sp³-hybridized carbons (Fsp3) is 0.125. The lowest BCUT2D eigenvalue weighted by atomic mass is 10.1. The van der Waals surface area contributed by atoms with Crippen molar-refractivity contribution in [2.24, 2.45) is 0 Å². The molecule has 0 saturated carbocycles. The lowest BCUT2D eigenvalue weighted by Gasteiger charge is -2.08. The predicted molar refractivity (Wildman–Crippen MR) is 79.8 cm³/mol. The van der Waals surface area contributed by atoms with Gasteiger partial charge in [-0.1, -0.05) is 6.07 Å². The minimum atomic E-state index is -0.690. The molecule has 0 bridgehead atoms. The number of benzene rings is 1. The fourth-order valence-electron chi connectivity index (χ4n) is 2.24. The zero-order valence-corrected chi connectivity index (χ0v) is 12.2. The average Bonchev–Trinajstić information content (AvgIpc) is 2.50. The molecule has 7 heteroatoms. The molecule has 0 fully saturated rings. The second-order valence-electron chi connectivity index (χ2n) is 5.03. The molecule has 0 aliphatic rings.